The highest BCUT2D eigenvalue weighted by molar-refractivity contribution is 5.69. The number of carboxylic acid groups (broad SMARTS) is 1. The van der Waals surface area contributed by atoms with Crippen LogP contribution in [0.15, 0.2) is 24.3 Å². The number of ether oxygens (including phenoxy) is 1. The molecule has 0 radical (unpaired) electrons. The number of unbranched alkanes of at least 4 members (excludes halogenated alkanes) is 17. The first-order chi connectivity index (χ1) is 19.1. The Kier molecular flexibility index (Phi) is 29.7. The molecule has 4 heteroatoms. The Morgan fingerprint density at radius 3 is 1.54 bits per heavy atom. The number of carbonyl (C=O) groups is 2. The maximum Gasteiger partial charge on any atom is 0.306 e. The molecule has 0 heterocycles. The number of carboxylic acids is 1. The van der Waals surface area contributed by atoms with Gasteiger partial charge >= 0.3 is 11.9 Å². The summed E-state index contributed by atoms with van der Waals surface area (Å²) in [5.41, 5.74) is 0. The van der Waals surface area contributed by atoms with E-state index in [0.717, 1.165) is 77.0 Å². The maximum absolute atomic E-state index is 12.4. The van der Waals surface area contributed by atoms with E-state index < -0.39 is 5.97 Å². The van der Waals surface area contributed by atoms with E-state index in [1.54, 1.807) is 0 Å². The fourth-order valence-electron chi connectivity index (χ4n) is 4.92. The van der Waals surface area contributed by atoms with E-state index in [2.05, 4.69) is 38.2 Å². The van der Waals surface area contributed by atoms with Crippen molar-refractivity contribution in [3.8, 4) is 0 Å². The molecule has 1 unspecified atom stereocenters. The highest BCUT2D eigenvalue weighted by Crippen LogP contribution is 2.18. The van der Waals surface area contributed by atoms with Gasteiger partial charge in [0.1, 0.15) is 6.10 Å². The molecule has 228 valence electrons. The van der Waals surface area contributed by atoms with Crippen molar-refractivity contribution in [3.63, 3.8) is 0 Å². The monoisotopic (exact) mass is 548 g/mol. The van der Waals surface area contributed by atoms with Gasteiger partial charge in [-0.05, 0) is 70.6 Å². The smallest absolute Gasteiger partial charge is 0.306 e. The quantitative estimate of drug-likeness (QED) is 0.0550. The van der Waals surface area contributed by atoms with E-state index >= 15 is 0 Å². The van der Waals surface area contributed by atoms with Crippen LogP contribution in [0.5, 0.6) is 0 Å². The molecule has 0 amide bonds. The molecule has 0 bridgehead atoms. The van der Waals surface area contributed by atoms with Crippen molar-refractivity contribution >= 4 is 11.9 Å². The summed E-state index contributed by atoms with van der Waals surface area (Å²) in [6.07, 6.45) is 37.6. The van der Waals surface area contributed by atoms with Gasteiger partial charge in [-0.1, -0.05) is 122 Å². The maximum atomic E-state index is 12.4. The lowest BCUT2D eigenvalue weighted by Crippen LogP contribution is -2.18. The highest BCUT2D eigenvalue weighted by Gasteiger charge is 2.14. The zero-order chi connectivity index (χ0) is 28.7. The molecule has 1 N–H and O–H groups in total. The second-order valence-corrected chi connectivity index (χ2v) is 11.3. The Morgan fingerprint density at radius 1 is 0.564 bits per heavy atom. The third-order valence-corrected chi connectivity index (χ3v) is 7.43. The first-order valence-electron chi connectivity index (χ1n) is 16.8. The largest absolute Gasteiger partial charge is 0.481 e. The number of hydrogen-bond acceptors (Lipinski definition) is 3. The molecule has 0 spiro atoms. The Bertz CT molecular complexity index is 595. The van der Waals surface area contributed by atoms with E-state index in [0.29, 0.717) is 6.42 Å². The lowest BCUT2D eigenvalue weighted by atomic mass is 10.0. The second-order valence-electron chi connectivity index (χ2n) is 11.3. The van der Waals surface area contributed by atoms with Crippen LogP contribution in [0.1, 0.15) is 181 Å². The summed E-state index contributed by atoms with van der Waals surface area (Å²) in [6.45, 7) is 4.48. The molecular weight excluding hydrogens is 484 g/mol. The lowest BCUT2D eigenvalue weighted by molar-refractivity contribution is -0.150. The molecule has 0 saturated heterocycles. The number of rotatable bonds is 30. The number of hydrogen-bond donors (Lipinski definition) is 1. The normalized spacial score (nSPS) is 12.5. The van der Waals surface area contributed by atoms with Crippen molar-refractivity contribution in [3.05, 3.63) is 24.3 Å². The van der Waals surface area contributed by atoms with Crippen LogP contribution in [0.25, 0.3) is 0 Å². The summed E-state index contributed by atoms with van der Waals surface area (Å²) in [6, 6.07) is 0. The van der Waals surface area contributed by atoms with Crippen molar-refractivity contribution in [2.75, 3.05) is 0 Å². The van der Waals surface area contributed by atoms with Crippen LogP contribution in [0.4, 0.5) is 0 Å². The first-order valence-corrected chi connectivity index (χ1v) is 16.8. The zero-order valence-electron chi connectivity index (χ0n) is 25.9. The van der Waals surface area contributed by atoms with Gasteiger partial charge in [0, 0.05) is 12.8 Å². The minimum absolute atomic E-state index is 0.0195. The molecule has 0 aliphatic rings. The topological polar surface area (TPSA) is 63.6 Å². The standard InChI is InChI=1S/C35H64O4/c1-3-5-7-9-11-12-13-14-15-16-17-18-19-21-25-29-33(30-26-22-20-23-27-31-34(36)37)39-35(38)32-28-24-10-8-6-4-2/h13-14,16-17,33H,3-12,15,18-32H2,1-2H3,(H,36,37)/b14-13-,17-16-. The minimum Gasteiger partial charge on any atom is -0.481 e. The summed E-state index contributed by atoms with van der Waals surface area (Å²) in [4.78, 5) is 23.1. The van der Waals surface area contributed by atoms with Gasteiger partial charge < -0.3 is 9.84 Å². The lowest BCUT2D eigenvalue weighted by Gasteiger charge is -2.18. The number of allylic oxidation sites excluding steroid dienone is 4. The predicted octanol–water partition coefficient (Wildman–Crippen LogP) is 11.3. The molecule has 0 fully saturated rings. The number of esters is 1. The van der Waals surface area contributed by atoms with Crippen LogP contribution in [0.3, 0.4) is 0 Å². The molecule has 0 saturated carbocycles. The molecule has 0 aromatic rings. The van der Waals surface area contributed by atoms with Crippen molar-refractivity contribution in [2.45, 2.75) is 187 Å². The van der Waals surface area contributed by atoms with Gasteiger partial charge in [0.05, 0.1) is 0 Å². The van der Waals surface area contributed by atoms with E-state index in [4.69, 9.17) is 9.84 Å². The highest BCUT2D eigenvalue weighted by atomic mass is 16.5. The van der Waals surface area contributed by atoms with Crippen LogP contribution in [0, 0.1) is 0 Å². The summed E-state index contributed by atoms with van der Waals surface area (Å²) >= 11 is 0. The second kappa shape index (κ2) is 31.0. The number of aliphatic carboxylic acids is 1. The van der Waals surface area contributed by atoms with E-state index in [1.165, 1.54) is 77.0 Å². The number of carbonyl (C=O) groups excluding carboxylic acids is 1. The van der Waals surface area contributed by atoms with Crippen LogP contribution < -0.4 is 0 Å². The fourth-order valence-corrected chi connectivity index (χ4v) is 4.92. The molecule has 0 aromatic heterocycles. The van der Waals surface area contributed by atoms with Crippen LogP contribution in [0.2, 0.25) is 0 Å². The summed E-state index contributed by atoms with van der Waals surface area (Å²) in [7, 11) is 0. The molecule has 0 aliphatic heterocycles. The molecule has 0 aliphatic carbocycles. The van der Waals surface area contributed by atoms with Crippen molar-refractivity contribution < 1.29 is 19.4 Å². The third-order valence-electron chi connectivity index (χ3n) is 7.43. The molecular formula is C35H64O4. The van der Waals surface area contributed by atoms with E-state index in [-0.39, 0.29) is 18.5 Å². The average Bonchev–Trinajstić information content (AvgIpc) is 2.91. The fraction of sp³-hybridized carbons (Fsp3) is 0.829. The Labute approximate surface area is 242 Å². The zero-order valence-corrected chi connectivity index (χ0v) is 25.9. The van der Waals surface area contributed by atoms with Gasteiger partial charge in [-0.3, -0.25) is 9.59 Å². The SMILES string of the molecule is CCCCCCC/C=C\C/C=C\CCCCCC(CCCCCCCC(=O)O)OC(=O)CCCCCCCC. The molecule has 4 nitrogen and oxygen atoms in total. The van der Waals surface area contributed by atoms with Gasteiger partial charge in [-0.15, -0.1) is 0 Å². The third kappa shape index (κ3) is 30.8. The van der Waals surface area contributed by atoms with Crippen molar-refractivity contribution in [2.24, 2.45) is 0 Å². The Morgan fingerprint density at radius 2 is 1.00 bits per heavy atom. The van der Waals surface area contributed by atoms with E-state index in [9.17, 15) is 9.59 Å². The average molecular weight is 549 g/mol. The van der Waals surface area contributed by atoms with Gasteiger partial charge in [0.2, 0.25) is 0 Å². The van der Waals surface area contributed by atoms with E-state index in [1.807, 2.05) is 0 Å². The molecule has 0 rings (SSSR count). The Balaban J connectivity index is 4.09. The molecule has 0 aromatic carbocycles. The van der Waals surface area contributed by atoms with Crippen LogP contribution >= 0.6 is 0 Å². The minimum atomic E-state index is -0.705. The van der Waals surface area contributed by atoms with Crippen molar-refractivity contribution in [1.82, 2.24) is 0 Å². The summed E-state index contributed by atoms with van der Waals surface area (Å²) < 4.78 is 5.92. The molecule has 1 atom stereocenters. The van der Waals surface area contributed by atoms with Gasteiger partial charge in [-0.2, -0.15) is 0 Å². The predicted molar refractivity (Wildman–Crippen MR) is 167 cm³/mol. The van der Waals surface area contributed by atoms with Gasteiger partial charge in [-0.25, -0.2) is 0 Å². The summed E-state index contributed by atoms with van der Waals surface area (Å²) in [5.74, 6) is -0.725. The van der Waals surface area contributed by atoms with Gasteiger partial charge in [0.25, 0.3) is 0 Å². The molecule has 39 heavy (non-hydrogen) atoms. The Hall–Kier alpha value is -1.58. The van der Waals surface area contributed by atoms with Crippen LogP contribution in [-0.2, 0) is 14.3 Å². The summed E-state index contributed by atoms with van der Waals surface area (Å²) in [5, 5.41) is 8.76. The van der Waals surface area contributed by atoms with Gasteiger partial charge in [0.15, 0.2) is 0 Å². The van der Waals surface area contributed by atoms with Crippen LogP contribution in [-0.4, -0.2) is 23.1 Å². The first kappa shape index (κ1) is 37.4. The van der Waals surface area contributed by atoms with Crippen molar-refractivity contribution in [1.29, 1.82) is 0 Å².